The normalized spacial score (nSPS) is 29.4. The molecule has 1 spiro atoms. The van der Waals surface area contributed by atoms with Gasteiger partial charge in [-0.1, -0.05) is 51.1 Å². The topological polar surface area (TPSA) is 53.4 Å². The second-order valence-corrected chi connectivity index (χ2v) is 9.67. The van der Waals surface area contributed by atoms with Crippen LogP contribution in [0.5, 0.6) is 0 Å². The number of ketones is 1. The van der Waals surface area contributed by atoms with Crippen LogP contribution in [0.4, 0.5) is 0 Å². The molecule has 2 aliphatic carbocycles. The smallest absolute Gasteiger partial charge is 0.211 e. The molecule has 2 atom stereocenters. The van der Waals surface area contributed by atoms with Crippen molar-refractivity contribution in [1.29, 1.82) is 0 Å². The van der Waals surface area contributed by atoms with Crippen LogP contribution >= 0.6 is 0 Å². The molecule has 1 saturated carbocycles. The largest absolute Gasteiger partial charge is 0.347 e. The molecule has 2 aromatic rings. The fraction of sp³-hybridized carbons (Fsp3) is 0.583. The number of nitrogens with zero attached hydrogens (tertiary/aromatic N) is 2. The number of ether oxygens (including phenoxy) is 2. The van der Waals surface area contributed by atoms with Crippen molar-refractivity contribution in [3.05, 3.63) is 52.8 Å². The number of benzene rings is 1. The fourth-order valence-corrected chi connectivity index (χ4v) is 6.48. The number of hydrogen-bond acceptors (Lipinski definition) is 4. The third kappa shape index (κ3) is 2.47. The van der Waals surface area contributed by atoms with Crippen molar-refractivity contribution in [2.45, 2.75) is 57.7 Å². The molecule has 0 amide bonds. The number of carbonyl (C=O) groups is 1. The highest BCUT2D eigenvalue weighted by Gasteiger charge is 2.64. The summed E-state index contributed by atoms with van der Waals surface area (Å²) in [6.45, 7) is 8.28. The number of hydrogen-bond donors (Lipinski definition) is 0. The van der Waals surface area contributed by atoms with Gasteiger partial charge in [-0.3, -0.25) is 9.48 Å². The van der Waals surface area contributed by atoms with Gasteiger partial charge in [0.05, 0.1) is 18.9 Å². The summed E-state index contributed by atoms with van der Waals surface area (Å²) >= 11 is 0. The van der Waals surface area contributed by atoms with E-state index in [2.05, 4.69) is 20.8 Å². The number of rotatable bonds is 2. The summed E-state index contributed by atoms with van der Waals surface area (Å²) in [5.74, 6) is -0.0200. The van der Waals surface area contributed by atoms with Crippen LogP contribution in [0.2, 0.25) is 0 Å². The van der Waals surface area contributed by atoms with Crippen LogP contribution in [-0.4, -0.2) is 34.6 Å². The van der Waals surface area contributed by atoms with Gasteiger partial charge in [0.1, 0.15) is 5.69 Å². The third-order valence-corrected chi connectivity index (χ3v) is 7.97. The van der Waals surface area contributed by atoms with E-state index in [4.69, 9.17) is 14.6 Å². The molecule has 1 saturated heterocycles. The molecule has 1 unspecified atom stereocenters. The monoisotopic (exact) mass is 394 g/mol. The molecule has 3 aliphatic rings. The van der Waals surface area contributed by atoms with Crippen molar-refractivity contribution >= 4 is 5.78 Å². The van der Waals surface area contributed by atoms with Gasteiger partial charge in [-0.05, 0) is 25.2 Å². The van der Waals surface area contributed by atoms with Crippen LogP contribution in [-0.2, 0) is 28.4 Å². The number of fused-ring (bicyclic) bond motifs is 3. The first-order valence-electron chi connectivity index (χ1n) is 10.7. The van der Waals surface area contributed by atoms with Crippen molar-refractivity contribution < 1.29 is 14.3 Å². The maximum absolute atomic E-state index is 13.3. The average molecular weight is 395 g/mol. The Bertz CT molecular complexity index is 956. The third-order valence-electron chi connectivity index (χ3n) is 7.97. The Hall–Kier alpha value is -1.98. The lowest BCUT2D eigenvalue weighted by Crippen LogP contribution is -2.61. The molecule has 0 bridgehead atoms. The summed E-state index contributed by atoms with van der Waals surface area (Å²) in [5, 5.41) is 4.95. The quantitative estimate of drug-likeness (QED) is 0.722. The molecule has 1 aromatic carbocycles. The molecule has 5 rings (SSSR count). The Morgan fingerprint density at radius 2 is 1.79 bits per heavy atom. The van der Waals surface area contributed by atoms with E-state index in [1.807, 2.05) is 42.1 Å². The average Bonchev–Trinajstić information content (AvgIpc) is 3.32. The van der Waals surface area contributed by atoms with Gasteiger partial charge in [-0.15, -0.1) is 0 Å². The van der Waals surface area contributed by atoms with Crippen molar-refractivity contribution in [3.63, 3.8) is 0 Å². The minimum atomic E-state index is -0.480. The molecule has 5 nitrogen and oxygen atoms in total. The molecular weight excluding hydrogens is 364 g/mol. The van der Waals surface area contributed by atoms with Crippen LogP contribution < -0.4 is 0 Å². The molecule has 154 valence electrons. The van der Waals surface area contributed by atoms with E-state index in [-0.39, 0.29) is 16.6 Å². The second kappa shape index (κ2) is 6.26. The van der Waals surface area contributed by atoms with Crippen LogP contribution in [0.25, 0.3) is 0 Å². The first-order valence-corrected chi connectivity index (χ1v) is 10.7. The zero-order chi connectivity index (χ0) is 20.4. The van der Waals surface area contributed by atoms with Gasteiger partial charge in [-0.25, -0.2) is 0 Å². The molecule has 5 heteroatoms. The first-order chi connectivity index (χ1) is 13.8. The number of carbonyl (C=O) groups excluding carboxylic acids is 1. The van der Waals surface area contributed by atoms with Gasteiger partial charge < -0.3 is 9.47 Å². The molecule has 1 aliphatic heterocycles. The second-order valence-electron chi connectivity index (χ2n) is 9.67. The van der Waals surface area contributed by atoms with Crippen molar-refractivity contribution in [1.82, 2.24) is 9.78 Å². The van der Waals surface area contributed by atoms with Crippen LogP contribution in [0.3, 0.4) is 0 Å². The molecule has 29 heavy (non-hydrogen) atoms. The fourth-order valence-electron chi connectivity index (χ4n) is 6.48. The summed E-state index contributed by atoms with van der Waals surface area (Å²) in [6, 6.07) is 9.54. The molecule has 2 fully saturated rings. The Morgan fingerprint density at radius 3 is 2.48 bits per heavy atom. The van der Waals surface area contributed by atoms with Gasteiger partial charge in [-0.2, -0.15) is 5.10 Å². The van der Waals surface area contributed by atoms with Gasteiger partial charge in [0, 0.05) is 35.4 Å². The lowest BCUT2D eigenvalue weighted by molar-refractivity contribution is -0.276. The van der Waals surface area contributed by atoms with E-state index in [0.29, 0.717) is 19.1 Å². The molecule has 0 radical (unpaired) electrons. The van der Waals surface area contributed by atoms with E-state index in [1.165, 1.54) is 0 Å². The highest BCUT2D eigenvalue weighted by atomic mass is 16.7. The summed E-state index contributed by atoms with van der Waals surface area (Å²) in [6.07, 6.45) is 3.72. The predicted molar refractivity (Wildman–Crippen MR) is 110 cm³/mol. The molecule has 0 N–H and O–H groups in total. The Labute approximate surface area is 172 Å². The van der Waals surface area contributed by atoms with E-state index in [9.17, 15) is 4.79 Å². The van der Waals surface area contributed by atoms with Crippen LogP contribution in [0.1, 0.15) is 67.3 Å². The van der Waals surface area contributed by atoms with E-state index >= 15 is 0 Å². The molecular formula is C24H30N2O3. The maximum atomic E-state index is 13.3. The highest BCUT2D eigenvalue weighted by Crippen LogP contribution is 2.62. The van der Waals surface area contributed by atoms with E-state index < -0.39 is 5.79 Å². The standard InChI is InChI=1S/C24H30N2O3/c1-22(2)18-11-10-17-19(20(27)16-8-6-5-7-9-16)26(4)25-21(17)23(18,3)12-13-24(22)28-14-15-29-24/h5-9,18H,10-15H2,1-4H3/t18-,23?/m0/s1. The summed E-state index contributed by atoms with van der Waals surface area (Å²) in [4.78, 5) is 13.3. The first kappa shape index (κ1) is 19.0. The highest BCUT2D eigenvalue weighted by molar-refractivity contribution is 6.09. The predicted octanol–water partition coefficient (Wildman–Crippen LogP) is 4.03. The van der Waals surface area contributed by atoms with Crippen LogP contribution in [0, 0.1) is 11.3 Å². The van der Waals surface area contributed by atoms with Gasteiger partial charge in [0.25, 0.3) is 0 Å². The van der Waals surface area contributed by atoms with E-state index in [0.717, 1.165) is 48.2 Å². The SMILES string of the molecule is Cn1nc2c(c1C(=O)c1ccccc1)CC[C@@H]1C2(C)CCC2(OCCO2)C1(C)C. The van der Waals surface area contributed by atoms with Crippen molar-refractivity contribution in [2.24, 2.45) is 18.4 Å². The minimum absolute atomic E-state index is 0.0675. The van der Waals surface area contributed by atoms with Crippen LogP contribution in [0.15, 0.2) is 30.3 Å². The van der Waals surface area contributed by atoms with Gasteiger partial charge in [0.2, 0.25) is 5.78 Å². The molecule has 2 heterocycles. The Morgan fingerprint density at radius 1 is 1.10 bits per heavy atom. The lowest BCUT2D eigenvalue weighted by atomic mass is 9.49. The Kier molecular flexibility index (Phi) is 4.10. The Balaban J connectivity index is 1.58. The lowest BCUT2D eigenvalue weighted by Gasteiger charge is -2.59. The zero-order valence-electron chi connectivity index (χ0n) is 17.8. The summed E-state index contributed by atoms with van der Waals surface area (Å²) in [5.41, 5.74) is 3.52. The van der Waals surface area contributed by atoms with E-state index in [1.54, 1.807) is 0 Å². The maximum Gasteiger partial charge on any atom is 0.211 e. The van der Waals surface area contributed by atoms with Crippen molar-refractivity contribution in [2.75, 3.05) is 13.2 Å². The molecule has 1 aromatic heterocycles. The number of aryl methyl sites for hydroxylation is 1. The van der Waals surface area contributed by atoms with Gasteiger partial charge >= 0.3 is 0 Å². The minimum Gasteiger partial charge on any atom is -0.347 e. The summed E-state index contributed by atoms with van der Waals surface area (Å²) < 4.78 is 14.2. The van der Waals surface area contributed by atoms with Crippen molar-refractivity contribution in [3.8, 4) is 0 Å². The summed E-state index contributed by atoms with van der Waals surface area (Å²) in [7, 11) is 1.91. The van der Waals surface area contributed by atoms with Gasteiger partial charge in [0.15, 0.2) is 5.79 Å². The number of aromatic nitrogens is 2. The zero-order valence-corrected chi connectivity index (χ0v) is 17.8.